The van der Waals surface area contributed by atoms with E-state index >= 15 is 0 Å². The highest BCUT2D eigenvalue weighted by molar-refractivity contribution is 6.28. The van der Waals surface area contributed by atoms with Crippen molar-refractivity contribution >= 4 is 60.8 Å². The molecule has 3 nitrogen and oxygen atoms in total. The molecule has 2 heterocycles. The fraction of sp³-hybridized carbons (Fsp3) is 0.0588. The summed E-state index contributed by atoms with van der Waals surface area (Å²) in [6.07, 6.45) is 0. The number of para-hydroxylation sites is 3. The van der Waals surface area contributed by atoms with Gasteiger partial charge in [0.05, 0.1) is 22.1 Å². The van der Waals surface area contributed by atoms with Crippen LogP contribution in [0.2, 0.25) is 0 Å². The highest BCUT2D eigenvalue weighted by Crippen LogP contribution is 2.54. The van der Waals surface area contributed by atoms with Gasteiger partial charge in [-0.2, -0.15) is 0 Å². The predicted molar refractivity (Wildman–Crippen MR) is 226 cm³/mol. The van der Waals surface area contributed by atoms with Crippen LogP contribution in [0.3, 0.4) is 0 Å². The number of aromatic nitrogens is 1. The van der Waals surface area contributed by atoms with Crippen LogP contribution in [-0.4, -0.2) is 4.57 Å². The second kappa shape index (κ2) is 11.6. The SMILES string of the molecule is CC1(C)c2ccccc2-c2ccc(N(c3ccccc3)c3c4c(cc5c3c3ccc(-c6ccccc6)cc3n5-c3ccccc3)oc3ccccc34)cc21. The third-order valence-electron chi connectivity index (χ3n) is 11.6. The van der Waals surface area contributed by atoms with Gasteiger partial charge >= 0.3 is 0 Å². The van der Waals surface area contributed by atoms with Crippen molar-refractivity contribution in [1.29, 1.82) is 0 Å². The van der Waals surface area contributed by atoms with Gasteiger partial charge in [-0.05, 0) is 81.9 Å². The van der Waals surface area contributed by atoms with Crippen molar-refractivity contribution in [1.82, 2.24) is 4.57 Å². The van der Waals surface area contributed by atoms with Crippen molar-refractivity contribution in [3.63, 3.8) is 0 Å². The largest absolute Gasteiger partial charge is 0.456 e. The molecule has 0 saturated heterocycles. The minimum Gasteiger partial charge on any atom is -0.456 e. The Balaban J connectivity index is 1.30. The van der Waals surface area contributed by atoms with Crippen LogP contribution in [0.25, 0.3) is 71.7 Å². The molecular weight excluding hydrogens is 657 g/mol. The molecule has 0 aliphatic heterocycles. The zero-order valence-corrected chi connectivity index (χ0v) is 30.1. The van der Waals surface area contributed by atoms with Crippen molar-refractivity contribution in [2.75, 3.05) is 4.90 Å². The molecule has 1 aliphatic carbocycles. The summed E-state index contributed by atoms with van der Waals surface area (Å²) in [5, 5.41) is 4.56. The number of hydrogen-bond donors (Lipinski definition) is 0. The summed E-state index contributed by atoms with van der Waals surface area (Å²) in [5.41, 5.74) is 15.9. The molecule has 0 saturated carbocycles. The molecule has 0 N–H and O–H groups in total. The smallest absolute Gasteiger partial charge is 0.139 e. The van der Waals surface area contributed by atoms with Gasteiger partial charge in [-0.3, -0.25) is 0 Å². The summed E-state index contributed by atoms with van der Waals surface area (Å²) >= 11 is 0. The van der Waals surface area contributed by atoms with Crippen LogP contribution in [0.5, 0.6) is 0 Å². The molecule has 8 aromatic carbocycles. The van der Waals surface area contributed by atoms with Crippen molar-refractivity contribution in [2.24, 2.45) is 0 Å². The van der Waals surface area contributed by atoms with E-state index in [0.717, 1.165) is 55.7 Å². The lowest BCUT2D eigenvalue weighted by Crippen LogP contribution is -2.16. The first-order valence-electron chi connectivity index (χ1n) is 18.7. The van der Waals surface area contributed by atoms with E-state index in [0.29, 0.717) is 0 Å². The fourth-order valence-corrected chi connectivity index (χ4v) is 9.06. The molecule has 0 radical (unpaired) electrons. The lowest BCUT2D eigenvalue weighted by atomic mass is 9.82. The Morgan fingerprint density at radius 2 is 1.15 bits per heavy atom. The molecule has 0 unspecified atom stereocenters. The van der Waals surface area contributed by atoms with E-state index in [2.05, 4.69) is 205 Å². The molecule has 0 fully saturated rings. The number of fused-ring (bicyclic) bond motifs is 9. The first kappa shape index (κ1) is 30.8. The van der Waals surface area contributed by atoms with Crippen LogP contribution in [-0.2, 0) is 5.41 Å². The molecule has 0 spiro atoms. The van der Waals surface area contributed by atoms with Crippen LogP contribution >= 0.6 is 0 Å². The Hall–Kier alpha value is -6.84. The quantitative estimate of drug-likeness (QED) is 0.179. The van der Waals surface area contributed by atoms with E-state index in [1.807, 2.05) is 0 Å². The van der Waals surface area contributed by atoms with Crippen LogP contribution in [0.4, 0.5) is 17.1 Å². The molecular formula is C51H36N2O. The number of furan rings is 1. The Morgan fingerprint density at radius 3 is 1.96 bits per heavy atom. The van der Waals surface area contributed by atoms with E-state index in [1.165, 1.54) is 44.2 Å². The van der Waals surface area contributed by atoms with E-state index in [1.54, 1.807) is 0 Å². The molecule has 1 aliphatic rings. The average Bonchev–Trinajstić information content (AvgIpc) is 3.83. The lowest BCUT2D eigenvalue weighted by molar-refractivity contribution is 0.660. The minimum absolute atomic E-state index is 0.148. The Bertz CT molecular complexity index is 3060. The number of rotatable bonds is 5. The normalized spacial score (nSPS) is 13.1. The molecule has 0 bridgehead atoms. The van der Waals surface area contributed by atoms with Gasteiger partial charge in [0.1, 0.15) is 11.2 Å². The van der Waals surface area contributed by atoms with Crippen molar-refractivity contribution in [3.05, 3.63) is 193 Å². The van der Waals surface area contributed by atoms with Gasteiger partial charge in [0.15, 0.2) is 0 Å². The summed E-state index contributed by atoms with van der Waals surface area (Å²) in [7, 11) is 0. The standard InChI is InChI=1S/C51H36N2O/c1-51(2)42-24-14-12-22-38(42)39-29-27-37(31-43(39)51)52(35-18-8-4-9-19-35)50-48-40-28-26-34(33-16-6-3-7-17-33)30-44(40)53(36-20-10-5-11-21-36)45(48)32-47-49(50)41-23-13-15-25-46(41)54-47/h3-32H,1-2H3. The second-order valence-electron chi connectivity index (χ2n) is 14.9. The summed E-state index contributed by atoms with van der Waals surface area (Å²) in [6, 6.07) is 65.8. The molecule has 256 valence electrons. The zero-order chi connectivity index (χ0) is 36.0. The Kier molecular flexibility index (Phi) is 6.60. The summed E-state index contributed by atoms with van der Waals surface area (Å²) in [6.45, 7) is 4.71. The highest BCUT2D eigenvalue weighted by Gasteiger charge is 2.36. The average molecular weight is 693 g/mol. The maximum atomic E-state index is 6.81. The second-order valence-corrected chi connectivity index (χ2v) is 14.9. The molecule has 10 aromatic rings. The topological polar surface area (TPSA) is 21.3 Å². The minimum atomic E-state index is -0.148. The monoisotopic (exact) mass is 692 g/mol. The Labute approximate surface area is 314 Å². The highest BCUT2D eigenvalue weighted by atomic mass is 16.3. The van der Waals surface area contributed by atoms with Crippen LogP contribution in [0.1, 0.15) is 25.0 Å². The van der Waals surface area contributed by atoms with E-state index in [-0.39, 0.29) is 5.41 Å². The van der Waals surface area contributed by atoms with Crippen LogP contribution in [0, 0.1) is 0 Å². The van der Waals surface area contributed by atoms with Gasteiger partial charge in [-0.25, -0.2) is 0 Å². The summed E-state index contributed by atoms with van der Waals surface area (Å²) in [5.74, 6) is 0. The molecule has 54 heavy (non-hydrogen) atoms. The van der Waals surface area contributed by atoms with Gasteiger partial charge in [0.25, 0.3) is 0 Å². The third-order valence-corrected chi connectivity index (χ3v) is 11.6. The van der Waals surface area contributed by atoms with Gasteiger partial charge in [-0.1, -0.05) is 141 Å². The first-order valence-corrected chi connectivity index (χ1v) is 18.7. The number of nitrogens with zero attached hydrogens (tertiary/aromatic N) is 2. The summed E-state index contributed by atoms with van der Waals surface area (Å²) in [4.78, 5) is 2.48. The van der Waals surface area contributed by atoms with E-state index in [4.69, 9.17) is 4.42 Å². The summed E-state index contributed by atoms with van der Waals surface area (Å²) < 4.78 is 9.23. The number of benzene rings is 8. The Morgan fingerprint density at radius 1 is 0.463 bits per heavy atom. The molecule has 0 amide bonds. The number of hydrogen-bond acceptors (Lipinski definition) is 2. The number of anilines is 3. The molecule has 2 aromatic heterocycles. The predicted octanol–water partition coefficient (Wildman–Crippen LogP) is 14.1. The van der Waals surface area contributed by atoms with Gasteiger partial charge in [-0.15, -0.1) is 0 Å². The van der Waals surface area contributed by atoms with Gasteiger partial charge < -0.3 is 13.9 Å². The van der Waals surface area contributed by atoms with E-state index in [9.17, 15) is 0 Å². The lowest BCUT2D eigenvalue weighted by Gasteiger charge is -2.29. The molecule has 0 atom stereocenters. The van der Waals surface area contributed by atoms with E-state index < -0.39 is 0 Å². The van der Waals surface area contributed by atoms with Crippen molar-refractivity contribution < 1.29 is 4.42 Å². The molecule has 11 rings (SSSR count). The van der Waals surface area contributed by atoms with Crippen LogP contribution in [0.15, 0.2) is 186 Å². The fourth-order valence-electron chi connectivity index (χ4n) is 9.06. The van der Waals surface area contributed by atoms with Crippen molar-refractivity contribution in [3.8, 4) is 27.9 Å². The van der Waals surface area contributed by atoms with Gasteiger partial charge in [0, 0.05) is 44.7 Å². The maximum Gasteiger partial charge on any atom is 0.139 e. The van der Waals surface area contributed by atoms with Crippen molar-refractivity contribution in [2.45, 2.75) is 19.3 Å². The van der Waals surface area contributed by atoms with Gasteiger partial charge in [0.2, 0.25) is 0 Å². The molecule has 3 heteroatoms. The maximum absolute atomic E-state index is 6.81. The zero-order valence-electron chi connectivity index (χ0n) is 30.1. The third kappa shape index (κ3) is 4.42. The first-order chi connectivity index (χ1) is 26.6. The van der Waals surface area contributed by atoms with Crippen LogP contribution < -0.4 is 4.90 Å².